The number of aryl methyl sites for hydroxylation is 1. The summed E-state index contributed by atoms with van der Waals surface area (Å²) in [5, 5.41) is 5.06. The SMILES string of the molecule is [2H]C([2H])([2H])N1CN(c2cccc([Si](C)(C)c3ccc4c5ccccc5n(-c5cc(C)ccn5)c4c3)c2)c2ccccc21. The van der Waals surface area contributed by atoms with Gasteiger partial charge in [-0.05, 0) is 61.0 Å². The van der Waals surface area contributed by atoms with Crippen molar-refractivity contribution in [2.24, 2.45) is 0 Å². The van der Waals surface area contributed by atoms with Crippen molar-refractivity contribution in [2.75, 3.05) is 23.4 Å². The second kappa shape index (κ2) is 8.85. The molecule has 1 aliphatic heterocycles. The monoisotopic (exact) mass is 527 g/mol. The molecular weight excluding hydrogens is 492 g/mol. The maximum Gasteiger partial charge on any atom is 0.137 e. The summed E-state index contributed by atoms with van der Waals surface area (Å²) in [6.45, 7) is 4.95. The van der Waals surface area contributed by atoms with Gasteiger partial charge in [0, 0.05) is 33.7 Å². The van der Waals surface area contributed by atoms with Crippen LogP contribution >= 0.6 is 0 Å². The maximum atomic E-state index is 8.10. The standard InChI is InChI=1S/C34H32N4Si/c1-24-18-19-35-34(20-24)38-30-13-6-5-12-28(30)29-17-16-27(22-33(29)38)39(3,4)26-11-9-10-25(21-26)37-23-36(2)31-14-7-8-15-32(31)37/h5-22H,23H2,1-4H3/i2D3. The van der Waals surface area contributed by atoms with Crippen LogP contribution in [0.1, 0.15) is 9.68 Å². The van der Waals surface area contributed by atoms with Crippen molar-refractivity contribution in [2.45, 2.75) is 20.0 Å². The second-order valence-electron chi connectivity index (χ2n) is 10.9. The van der Waals surface area contributed by atoms with Crippen molar-refractivity contribution in [1.29, 1.82) is 0 Å². The summed E-state index contributed by atoms with van der Waals surface area (Å²) < 4.78 is 26.6. The van der Waals surface area contributed by atoms with Crippen molar-refractivity contribution in [3.63, 3.8) is 0 Å². The minimum Gasteiger partial charge on any atom is -0.355 e. The Morgan fingerprint density at radius 3 is 2.36 bits per heavy atom. The van der Waals surface area contributed by atoms with E-state index in [2.05, 4.69) is 102 Å². The fourth-order valence-electron chi connectivity index (χ4n) is 5.91. The summed E-state index contributed by atoms with van der Waals surface area (Å²) in [5.74, 6) is 0.923. The summed E-state index contributed by atoms with van der Waals surface area (Å²) >= 11 is 0. The van der Waals surface area contributed by atoms with Crippen molar-refractivity contribution in [1.82, 2.24) is 9.55 Å². The third kappa shape index (κ3) is 3.76. The zero-order valence-corrected chi connectivity index (χ0v) is 23.4. The molecule has 0 radical (unpaired) electrons. The highest BCUT2D eigenvalue weighted by Gasteiger charge is 2.29. The summed E-state index contributed by atoms with van der Waals surface area (Å²) in [4.78, 5) is 8.37. The number of rotatable bonds is 4. The molecule has 0 fully saturated rings. The molecule has 0 amide bonds. The average Bonchev–Trinajstić information content (AvgIpc) is 3.54. The van der Waals surface area contributed by atoms with Crippen LogP contribution in [0.25, 0.3) is 27.6 Å². The Labute approximate surface area is 235 Å². The third-order valence-corrected chi connectivity index (χ3v) is 11.7. The van der Waals surface area contributed by atoms with E-state index in [4.69, 9.17) is 9.10 Å². The Morgan fingerprint density at radius 2 is 1.51 bits per heavy atom. The van der Waals surface area contributed by atoms with Crippen LogP contribution in [0, 0.1) is 6.92 Å². The second-order valence-corrected chi connectivity index (χ2v) is 15.3. The molecule has 0 bridgehead atoms. The summed E-state index contributed by atoms with van der Waals surface area (Å²) in [6, 6.07) is 36.1. The van der Waals surface area contributed by atoms with E-state index in [9.17, 15) is 0 Å². The molecule has 1 aliphatic rings. The van der Waals surface area contributed by atoms with E-state index >= 15 is 0 Å². The van der Waals surface area contributed by atoms with Gasteiger partial charge in [0.05, 0.1) is 29.1 Å². The number of fused-ring (bicyclic) bond motifs is 4. The normalized spacial score (nSPS) is 14.9. The van der Waals surface area contributed by atoms with Crippen LogP contribution in [0.3, 0.4) is 0 Å². The van der Waals surface area contributed by atoms with E-state index in [-0.39, 0.29) is 6.67 Å². The number of para-hydroxylation sites is 3. The summed E-state index contributed by atoms with van der Waals surface area (Å²) in [5.41, 5.74) is 6.14. The Morgan fingerprint density at radius 1 is 0.744 bits per heavy atom. The quantitative estimate of drug-likeness (QED) is 0.234. The molecule has 2 aromatic heterocycles. The summed E-state index contributed by atoms with van der Waals surface area (Å²) in [7, 11) is -2.17. The van der Waals surface area contributed by atoms with Gasteiger partial charge in [-0.3, -0.25) is 4.57 Å². The molecule has 7 rings (SSSR count). The molecule has 0 saturated heterocycles. The first kappa shape index (κ1) is 20.6. The summed E-state index contributed by atoms with van der Waals surface area (Å²) in [6.07, 6.45) is 1.88. The van der Waals surface area contributed by atoms with Gasteiger partial charge in [-0.1, -0.05) is 78.1 Å². The number of nitrogens with zero attached hydrogens (tertiary/aromatic N) is 4. The molecule has 0 unspecified atom stereocenters. The highest BCUT2D eigenvalue weighted by Crippen LogP contribution is 2.39. The van der Waals surface area contributed by atoms with Gasteiger partial charge in [0.2, 0.25) is 0 Å². The van der Waals surface area contributed by atoms with Crippen LogP contribution < -0.4 is 20.2 Å². The van der Waals surface area contributed by atoms with Crippen molar-refractivity contribution in [3.05, 3.63) is 115 Å². The van der Waals surface area contributed by atoms with Crippen molar-refractivity contribution < 1.29 is 4.11 Å². The van der Waals surface area contributed by atoms with Gasteiger partial charge in [-0.15, -0.1) is 0 Å². The number of benzene rings is 4. The Balaban J connectivity index is 1.34. The Hall–Kier alpha value is -4.35. The minimum absolute atomic E-state index is 0.289. The van der Waals surface area contributed by atoms with E-state index in [0.717, 1.165) is 33.9 Å². The van der Waals surface area contributed by atoms with Gasteiger partial charge in [0.25, 0.3) is 0 Å². The molecule has 4 aromatic carbocycles. The lowest BCUT2D eigenvalue weighted by atomic mass is 10.1. The molecule has 0 N–H and O–H groups in total. The molecular formula is C34H32N4Si. The highest BCUT2D eigenvalue weighted by molar-refractivity contribution is 7.00. The van der Waals surface area contributed by atoms with E-state index in [1.54, 1.807) is 0 Å². The van der Waals surface area contributed by atoms with Crippen LogP contribution in [0.2, 0.25) is 13.1 Å². The van der Waals surface area contributed by atoms with E-state index in [1.165, 1.54) is 31.6 Å². The van der Waals surface area contributed by atoms with Crippen LogP contribution in [0.4, 0.5) is 17.1 Å². The minimum atomic E-state index is -2.21. The van der Waals surface area contributed by atoms with E-state index in [1.807, 2.05) is 36.5 Å². The molecule has 0 saturated carbocycles. The molecule has 3 heterocycles. The van der Waals surface area contributed by atoms with Crippen molar-refractivity contribution in [3.8, 4) is 5.82 Å². The predicted octanol–water partition coefficient (Wildman–Crippen LogP) is 6.86. The molecule has 6 aromatic rings. The van der Waals surface area contributed by atoms with Crippen LogP contribution in [-0.2, 0) is 0 Å². The smallest absolute Gasteiger partial charge is 0.137 e. The number of hydrogen-bond acceptors (Lipinski definition) is 3. The Kier molecular flexibility index (Phi) is 4.67. The third-order valence-electron chi connectivity index (χ3n) is 8.15. The molecule has 4 nitrogen and oxygen atoms in total. The van der Waals surface area contributed by atoms with Gasteiger partial charge in [0.15, 0.2) is 0 Å². The molecule has 5 heteroatoms. The number of aromatic nitrogens is 2. The molecule has 192 valence electrons. The first-order valence-corrected chi connectivity index (χ1v) is 16.3. The van der Waals surface area contributed by atoms with Crippen LogP contribution in [0.5, 0.6) is 0 Å². The highest BCUT2D eigenvalue weighted by atomic mass is 28.3. The molecule has 0 spiro atoms. The first-order valence-electron chi connectivity index (χ1n) is 14.8. The topological polar surface area (TPSA) is 24.3 Å². The Bertz CT molecular complexity index is 1980. The molecule has 0 aliphatic carbocycles. The van der Waals surface area contributed by atoms with Gasteiger partial charge < -0.3 is 9.80 Å². The largest absolute Gasteiger partial charge is 0.355 e. The zero-order valence-electron chi connectivity index (χ0n) is 25.4. The van der Waals surface area contributed by atoms with E-state index < -0.39 is 15.0 Å². The lowest BCUT2D eigenvalue weighted by Crippen LogP contribution is -2.53. The lowest BCUT2D eigenvalue weighted by molar-refractivity contribution is 0.950. The van der Waals surface area contributed by atoms with Gasteiger partial charge in [-0.25, -0.2) is 4.98 Å². The van der Waals surface area contributed by atoms with Crippen molar-refractivity contribution >= 4 is 57.3 Å². The predicted molar refractivity (Wildman–Crippen MR) is 168 cm³/mol. The number of hydrogen-bond donors (Lipinski definition) is 0. The van der Waals surface area contributed by atoms with Crippen LogP contribution in [0.15, 0.2) is 109 Å². The maximum absolute atomic E-state index is 8.10. The molecule has 0 atom stereocenters. The van der Waals surface area contributed by atoms with Gasteiger partial charge in [0.1, 0.15) is 13.9 Å². The fraction of sp³-hybridized carbons (Fsp3) is 0.147. The molecule has 39 heavy (non-hydrogen) atoms. The van der Waals surface area contributed by atoms with E-state index in [0.29, 0.717) is 0 Å². The fourth-order valence-corrected chi connectivity index (χ4v) is 8.27. The van der Waals surface area contributed by atoms with Gasteiger partial charge >= 0.3 is 0 Å². The average molecular weight is 528 g/mol. The number of anilines is 3. The van der Waals surface area contributed by atoms with Gasteiger partial charge in [-0.2, -0.15) is 0 Å². The number of pyridine rings is 1. The zero-order chi connectivity index (χ0) is 29.2. The first-order chi connectivity index (χ1) is 20.1. The lowest BCUT2D eigenvalue weighted by Gasteiger charge is -2.27. The van der Waals surface area contributed by atoms with Crippen LogP contribution in [-0.4, -0.2) is 31.3 Å².